The largest absolute Gasteiger partial charge is 0.378 e. The highest BCUT2D eigenvalue weighted by atomic mass is 19.1. The lowest BCUT2D eigenvalue weighted by Crippen LogP contribution is -2.33. The first-order valence-corrected chi connectivity index (χ1v) is 7.02. The molecule has 3 N–H and O–H groups in total. The fraction of sp³-hybridized carbons (Fsp3) is 0.533. The van der Waals surface area contributed by atoms with Crippen LogP contribution in [-0.4, -0.2) is 18.6 Å². The third kappa shape index (κ3) is 3.77. The van der Waals surface area contributed by atoms with Gasteiger partial charge < -0.3 is 15.8 Å². The molecule has 20 heavy (non-hydrogen) atoms. The number of anilines is 1. The number of nitrogens with two attached hydrogens (primary N) is 1. The molecule has 1 aliphatic rings. The highest BCUT2D eigenvalue weighted by Crippen LogP contribution is 2.32. The molecule has 0 bridgehead atoms. The number of rotatable bonds is 6. The van der Waals surface area contributed by atoms with Gasteiger partial charge in [0.2, 0.25) is 5.91 Å². The molecule has 0 atom stereocenters. The van der Waals surface area contributed by atoms with E-state index in [2.05, 4.69) is 5.32 Å². The minimum Gasteiger partial charge on any atom is -0.378 e. The first kappa shape index (κ1) is 14.9. The van der Waals surface area contributed by atoms with E-state index in [9.17, 15) is 9.18 Å². The fourth-order valence-electron chi connectivity index (χ4n) is 2.50. The topological polar surface area (TPSA) is 64.3 Å². The van der Waals surface area contributed by atoms with E-state index in [1.54, 1.807) is 12.1 Å². The van der Waals surface area contributed by atoms with Gasteiger partial charge in [-0.1, -0.05) is 0 Å². The third-order valence-electron chi connectivity index (χ3n) is 3.62. The Kier molecular flexibility index (Phi) is 5.09. The Morgan fingerprint density at radius 1 is 1.50 bits per heavy atom. The van der Waals surface area contributed by atoms with Crippen molar-refractivity contribution in [2.75, 3.05) is 11.9 Å². The first-order valence-electron chi connectivity index (χ1n) is 7.02. The van der Waals surface area contributed by atoms with Gasteiger partial charge in [-0.2, -0.15) is 0 Å². The summed E-state index contributed by atoms with van der Waals surface area (Å²) >= 11 is 0. The van der Waals surface area contributed by atoms with Crippen LogP contribution in [0.4, 0.5) is 10.1 Å². The van der Waals surface area contributed by atoms with Gasteiger partial charge >= 0.3 is 0 Å². The van der Waals surface area contributed by atoms with Crippen molar-refractivity contribution in [2.45, 2.75) is 38.8 Å². The number of carbonyl (C=O) groups is 1. The van der Waals surface area contributed by atoms with Crippen LogP contribution < -0.4 is 11.1 Å². The second kappa shape index (κ2) is 6.81. The lowest BCUT2D eigenvalue weighted by Gasteiger charge is -2.34. The Hall–Kier alpha value is -1.46. The van der Waals surface area contributed by atoms with Gasteiger partial charge in [-0.3, -0.25) is 4.79 Å². The van der Waals surface area contributed by atoms with Gasteiger partial charge in [0.25, 0.3) is 0 Å². The van der Waals surface area contributed by atoms with Gasteiger partial charge in [-0.15, -0.1) is 0 Å². The van der Waals surface area contributed by atoms with E-state index < -0.39 is 0 Å². The summed E-state index contributed by atoms with van der Waals surface area (Å²) in [6.45, 7) is 2.82. The van der Waals surface area contributed by atoms with Crippen LogP contribution in [0.15, 0.2) is 18.2 Å². The molecule has 0 heterocycles. The zero-order valence-corrected chi connectivity index (χ0v) is 11.7. The molecule has 5 heteroatoms. The molecule has 0 aromatic heterocycles. The number of carbonyl (C=O) groups excluding carboxylic acids is 1. The van der Waals surface area contributed by atoms with E-state index in [4.69, 9.17) is 10.5 Å². The number of benzene rings is 1. The van der Waals surface area contributed by atoms with E-state index in [0.29, 0.717) is 29.7 Å². The molecule has 0 spiro atoms. The first-order chi connectivity index (χ1) is 9.62. The number of halogens is 1. The maximum Gasteiger partial charge on any atom is 0.224 e. The molecule has 2 rings (SSSR count). The number of ether oxygens (including phenoxy) is 1. The fourth-order valence-corrected chi connectivity index (χ4v) is 2.50. The predicted octanol–water partition coefficient (Wildman–Crippen LogP) is 2.43. The molecular formula is C15H21FN2O2. The van der Waals surface area contributed by atoms with Gasteiger partial charge in [0.15, 0.2) is 0 Å². The number of nitrogens with one attached hydrogen (secondary N) is 1. The lowest BCUT2D eigenvalue weighted by molar-refractivity contribution is -0.119. The standard InChI is InChI=1S/C15H21FN2O2/c1-2-20-13-5-10(6-13)7-15(19)18-12-3-4-14(16)11(8-12)9-17/h3-4,8,10,13H,2,5-7,9,17H2,1H3,(H,18,19). The van der Waals surface area contributed by atoms with E-state index in [1.165, 1.54) is 6.07 Å². The zero-order chi connectivity index (χ0) is 14.5. The average molecular weight is 280 g/mol. The van der Waals surface area contributed by atoms with Crippen molar-refractivity contribution in [1.29, 1.82) is 0 Å². The quantitative estimate of drug-likeness (QED) is 0.841. The molecule has 0 aliphatic heterocycles. The molecule has 1 aromatic rings. The molecule has 0 unspecified atom stereocenters. The molecule has 1 fully saturated rings. The van der Waals surface area contributed by atoms with Crippen LogP contribution in [0.2, 0.25) is 0 Å². The maximum atomic E-state index is 13.3. The molecule has 0 saturated heterocycles. The van der Waals surface area contributed by atoms with Crippen molar-refractivity contribution in [2.24, 2.45) is 11.7 Å². The smallest absolute Gasteiger partial charge is 0.224 e. The Bertz CT molecular complexity index is 473. The van der Waals surface area contributed by atoms with Crippen LogP contribution in [0.3, 0.4) is 0 Å². The highest BCUT2D eigenvalue weighted by molar-refractivity contribution is 5.91. The molecule has 4 nitrogen and oxygen atoms in total. The number of amides is 1. The molecule has 1 amide bonds. The van der Waals surface area contributed by atoms with Crippen LogP contribution in [0.1, 0.15) is 31.7 Å². The number of hydrogen-bond donors (Lipinski definition) is 2. The Morgan fingerprint density at radius 2 is 2.25 bits per heavy atom. The molecule has 0 radical (unpaired) electrons. The van der Waals surface area contributed by atoms with Crippen molar-refractivity contribution in [1.82, 2.24) is 0 Å². The summed E-state index contributed by atoms with van der Waals surface area (Å²) in [6.07, 6.45) is 2.68. The second-order valence-electron chi connectivity index (χ2n) is 5.18. The normalized spacial score (nSPS) is 21.4. The van der Waals surface area contributed by atoms with E-state index in [0.717, 1.165) is 19.4 Å². The Morgan fingerprint density at radius 3 is 2.90 bits per heavy atom. The van der Waals surface area contributed by atoms with Gasteiger partial charge in [0.05, 0.1) is 6.10 Å². The summed E-state index contributed by atoms with van der Waals surface area (Å²) in [5, 5.41) is 2.79. The minimum absolute atomic E-state index is 0.0421. The summed E-state index contributed by atoms with van der Waals surface area (Å²) in [5.41, 5.74) is 6.44. The van der Waals surface area contributed by atoms with Crippen LogP contribution in [0, 0.1) is 11.7 Å². The van der Waals surface area contributed by atoms with E-state index in [-0.39, 0.29) is 18.3 Å². The van der Waals surface area contributed by atoms with Gasteiger partial charge in [-0.05, 0) is 43.9 Å². The minimum atomic E-state index is -0.343. The summed E-state index contributed by atoms with van der Waals surface area (Å²) in [5.74, 6) is 0.00422. The van der Waals surface area contributed by atoms with Gasteiger partial charge in [-0.25, -0.2) is 4.39 Å². The van der Waals surface area contributed by atoms with Crippen LogP contribution in [0.5, 0.6) is 0 Å². The van der Waals surface area contributed by atoms with E-state index >= 15 is 0 Å². The van der Waals surface area contributed by atoms with Crippen LogP contribution in [0.25, 0.3) is 0 Å². The van der Waals surface area contributed by atoms with Crippen molar-refractivity contribution in [3.63, 3.8) is 0 Å². The monoisotopic (exact) mass is 280 g/mol. The molecule has 1 saturated carbocycles. The van der Waals surface area contributed by atoms with Crippen LogP contribution >= 0.6 is 0 Å². The van der Waals surface area contributed by atoms with Crippen molar-refractivity contribution >= 4 is 11.6 Å². The van der Waals surface area contributed by atoms with Crippen molar-refractivity contribution in [3.8, 4) is 0 Å². The number of hydrogen-bond acceptors (Lipinski definition) is 3. The van der Waals surface area contributed by atoms with Gasteiger partial charge in [0.1, 0.15) is 5.82 Å². The average Bonchev–Trinajstić information content (AvgIpc) is 2.38. The summed E-state index contributed by atoms with van der Waals surface area (Å²) in [6, 6.07) is 4.46. The lowest BCUT2D eigenvalue weighted by atomic mass is 9.80. The highest BCUT2D eigenvalue weighted by Gasteiger charge is 2.31. The van der Waals surface area contributed by atoms with Crippen molar-refractivity contribution in [3.05, 3.63) is 29.6 Å². The summed E-state index contributed by atoms with van der Waals surface area (Å²) in [7, 11) is 0. The molecule has 1 aliphatic carbocycles. The van der Waals surface area contributed by atoms with Crippen molar-refractivity contribution < 1.29 is 13.9 Å². The van der Waals surface area contributed by atoms with Gasteiger partial charge in [0, 0.05) is 30.8 Å². The maximum absolute atomic E-state index is 13.3. The Labute approximate surface area is 118 Å². The van der Waals surface area contributed by atoms with Crippen LogP contribution in [-0.2, 0) is 16.1 Å². The molecule has 1 aromatic carbocycles. The second-order valence-corrected chi connectivity index (χ2v) is 5.18. The summed E-state index contributed by atoms with van der Waals surface area (Å²) in [4.78, 5) is 11.9. The third-order valence-corrected chi connectivity index (χ3v) is 3.62. The summed E-state index contributed by atoms with van der Waals surface area (Å²) < 4.78 is 18.8. The SMILES string of the molecule is CCOC1CC(CC(=O)Nc2ccc(F)c(CN)c2)C1. The zero-order valence-electron chi connectivity index (χ0n) is 11.7. The predicted molar refractivity (Wildman–Crippen MR) is 75.7 cm³/mol. The van der Waals surface area contributed by atoms with E-state index in [1.807, 2.05) is 6.92 Å². The molecular weight excluding hydrogens is 259 g/mol. The molecule has 110 valence electrons. The Balaban J connectivity index is 1.80.